The van der Waals surface area contributed by atoms with Crippen LogP contribution >= 0.6 is 0 Å². The molecule has 1 fully saturated rings. The Hall–Kier alpha value is -0.860. The lowest BCUT2D eigenvalue weighted by molar-refractivity contribution is 0.141. The van der Waals surface area contributed by atoms with Crippen molar-refractivity contribution in [1.82, 2.24) is 10.2 Å². The molecule has 1 aliphatic heterocycles. The summed E-state index contributed by atoms with van der Waals surface area (Å²) in [5.74, 6) is 0. The smallest absolute Gasteiger partial charge is 0.0371 e. The van der Waals surface area contributed by atoms with E-state index >= 15 is 0 Å². The summed E-state index contributed by atoms with van der Waals surface area (Å²) in [6.45, 7) is 14.1. The van der Waals surface area contributed by atoms with Crippen LogP contribution in [0.25, 0.3) is 0 Å². The first-order valence-corrected chi connectivity index (χ1v) is 8.43. The van der Waals surface area contributed by atoms with Gasteiger partial charge in [-0.15, -0.1) is 0 Å². The maximum absolute atomic E-state index is 3.94. The van der Waals surface area contributed by atoms with E-state index in [1.165, 1.54) is 31.5 Å². The van der Waals surface area contributed by atoms with E-state index in [9.17, 15) is 0 Å². The molecule has 0 amide bonds. The van der Waals surface area contributed by atoms with Gasteiger partial charge in [-0.1, -0.05) is 51.1 Å². The van der Waals surface area contributed by atoms with Crippen molar-refractivity contribution < 1.29 is 0 Å². The zero-order chi connectivity index (χ0) is 15.5. The fourth-order valence-electron chi connectivity index (χ4n) is 3.31. The molecular formula is C19H32N2. The van der Waals surface area contributed by atoms with E-state index in [0.29, 0.717) is 18.1 Å². The van der Waals surface area contributed by atoms with Crippen LogP contribution in [0, 0.1) is 5.41 Å². The van der Waals surface area contributed by atoms with Gasteiger partial charge < -0.3 is 10.2 Å². The monoisotopic (exact) mass is 288 g/mol. The molecule has 1 aliphatic rings. The van der Waals surface area contributed by atoms with Crippen LogP contribution in [0.2, 0.25) is 0 Å². The molecule has 118 valence electrons. The zero-order valence-corrected chi connectivity index (χ0v) is 14.4. The third-order valence-corrected chi connectivity index (χ3v) is 4.66. The van der Waals surface area contributed by atoms with Gasteiger partial charge >= 0.3 is 0 Å². The molecule has 1 N–H and O–H groups in total. The van der Waals surface area contributed by atoms with E-state index in [-0.39, 0.29) is 5.41 Å². The Bertz CT molecular complexity index is 411. The van der Waals surface area contributed by atoms with Crippen molar-refractivity contribution in [2.45, 2.75) is 65.6 Å². The van der Waals surface area contributed by atoms with Gasteiger partial charge in [0, 0.05) is 18.1 Å². The number of hydrogen-bond acceptors (Lipinski definition) is 2. The molecule has 1 unspecified atom stereocenters. The molecule has 1 saturated heterocycles. The Morgan fingerprint density at radius 3 is 2.10 bits per heavy atom. The lowest BCUT2D eigenvalue weighted by atomic mass is 9.81. The van der Waals surface area contributed by atoms with E-state index in [4.69, 9.17) is 0 Å². The van der Waals surface area contributed by atoms with E-state index < -0.39 is 0 Å². The second kappa shape index (κ2) is 6.93. The largest absolute Gasteiger partial charge is 0.307 e. The average molecular weight is 288 g/mol. The van der Waals surface area contributed by atoms with Gasteiger partial charge in [-0.05, 0) is 50.8 Å². The summed E-state index contributed by atoms with van der Waals surface area (Å²) in [4.78, 5) is 2.59. The van der Waals surface area contributed by atoms with Crippen LogP contribution < -0.4 is 5.32 Å². The quantitative estimate of drug-likeness (QED) is 0.891. The molecule has 21 heavy (non-hydrogen) atoms. The SMILES string of the molecule is CC(C)N1CCC(NC(c2ccccc2)C(C)(C)C)CC1. The molecule has 0 saturated carbocycles. The highest BCUT2D eigenvalue weighted by Crippen LogP contribution is 2.34. The molecule has 2 rings (SSSR count). The minimum absolute atomic E-state index is 0.233. The van der Waals surface area contributed by atoms with Crippen molar-refractivity contribution in [3.63, 3.8) is 0 Å². The summed E-state index contributed by atoms with van der Waals surface area (Å²) in [7, 11) is 0. The Kier molecular flexibility index (Phi) is 5.45. The van der Waals surface area contributed by atoms with Crippen LogP contribution in [-0.2, 0) is 0 Å². The number of benzene rings is 1. The summed E-state index contributed by atoms with van der Waals surface area (Å²) in [6, 6.07) is 12.7. The molecule has 2 nitrogen and oxygen atoms in total. The van der Waals surface area contributed by atoms with Crippen molar-refractivity contribution in [2.75, 3.05) is 13.1 Å². The van der Waals surface area contributed by atoms with Gasteiger partial charge in [0.15, 0.2) is 0 Å². The molecule has 0 bridgehead atoms. The van der Waals surface area contributed by atoms with Crippen LogP contribution in [-0.4, -0.2) is 30.1 Å². The summed E-state index contributed by atoms with van der Waals surface area (Å²) < 4.78 is 0. The van der Waals surface area contributed by atoms with Crippen LogP contribution in [0.3, 0.4) is 0 Å². The normalized spacial score (nSPS) is 19.9. The van der Waals surface area contributed by atoms with Crippen molar-refractivity contribution in [3.8, 4) is 0 Å². The van der Waals surface area contributed by atoms with Crippen LogP contribution in [0.5, 0.6) is 0 Å². The highest BCUT2D eigenvalue weighted by atomic mass is 15.2. The second-order valence-corrected chi connectivity index (χ2v) is 7.78. The van der Waals surface area contributed by atoms with Gasteiger partial charge in [0.25, 0.3) is 0 Å². The maximum Gasteiger partial charge on any atom is 0.0371 e. The van der Waals surface area contributed by atoms with Crippen molar-refractivity contribution >= 4 is 0 Å². The zero-order valence-electron chi connectivity index (χ0n) is 14.4. The standard InChI is InChI=1S/C19H32N2/c1-15(2)21-13-11-17(12-14-21)20-18(19(3,4)5)16-9-7-6-8-10-16/h6-10,15,17-18,20H,11-14H2,1-5H3. The summed E-state index contributed by atoms with van der Waals surface area (Å²) in [5, 5.41) is 3.94. The van der Waals surface area contributed by atoms with Gasteiger partial charge in [-0.2, -0.15) is 0 Å². The number of nitrogens with one attached hydrogen (secondary N) is 1. The highest BCUT2D eigenvalue weighted by molar-refractivity contribution is 5.21. The first-order chi connectivity index (χ1) is 9.88. The molecule has 1 heterocycles. The second-order valence-electron chi connectivity index (χ2n) is 7.78. The summed E-state index contributed by atoms with van der Waals surface area (Å²) >= 11 is 0. The molecular weight excluding hydrogens is 256 g/mol. The molecule has 0 spiro atoms. The minimum Gasteiger partial charge on any atom is -0.307 e. The van der Waals surface area contributed by atoms with Gasteiger partial charge in [0.2, 0.25) is 0 Å². The Morgan fingerprint density at radius 1 is 1.05 bits per heavy atom. The van der Waals surface area contributed by atoms with Crippen molar-refractivity contribution in [2.24, 2.45) is 5.41 Å². The molecule has 1 atom stereocenters. The predicted octanol–water partition coefficient (Wildman–Crippen LogP) is 4.24. The molecule has 0 aliphatic carbocycles. The van der Waals surface area contributed by atoms with Crippen molar-refractivity contribution in [3.05, 3.63) is 35.9 Å². The van der Waals surface area contributed by atoms with Gasteiger partial charge in [0.05, 0.1) is 0 Å². The Morgan fingerprint density at radius 2 is 1.62 bits per heavy atom. The Labute approximate surface area is 130 Å². The van der Waals surface area contributed by atoms with E-state index in [0.717, 1.165) is 0 Å². The third-order valence-electron chi connectivity index (χ3n) is 4.66. The molecule has 1 aromatic carbocycles. The number of piperidine rings is 1. The number of likely N-dealkylation sites (tertiary alicyclic amines) is 1. The third kappa shape index (κ3) is 4.55. The number of nitrogens with zero attached hydrogens (tertiary/aromatic N) is 1. The lowest BCUT2D eigenvalue weighted by Gasteiger charge is -2.40. The average Bonchev–Trinajstić information content (AvgIpc) is 2.45. The predicted molar refractivity (Wildman–Crippen MR) is 91.5 cm³/mol. The minimum atomic E-state index is 0.233. The lowest BCUT2D eigenvalue weighted by Crippen LogP contribution is -2.47. The van der Waals surface area contributed by atoms with Gasteiger partial charge in [0.1, 0.15) is 0 Å². The molecule has 1 aromatic rings. The molecule has 0 radical (unpaired) electrons. The van der Waals surface area contributed by atoms with Gasteiger partial charge in [-0.3, -0.25) is 0 Å². The number of rotatable bonds is 4. The highest BCUT2D eigenvalue weighted by Gasteiger charge is 2.30. The first-order valence-electron chi connectivity index (χ1n) is 8.43. The topological polar surface area (TPSA) is 15.3 Å². The maximum atomic E-state index is 3.94. The summed E-state index contributed by atoms with van der Waals surface area (Å²) in [6.07, 6.45) is 2.52. The van der Waals surface area contributed by atoms with E-state index in [1.807, 2.05) is 0 Å². The molecule has 2 heteroatoms. The fourth-order valence-corrected chi connectivity index (χ4v) is 3.31. The van der Waals surface area contributed by atoms with E-state index in [2.05, 4.69) is 75.2 Å². The van der Waals surface area contributed by atoms with E-state index in [1.54, 1.807) is 0 Å². The van der Waals surface area contributed by atoms with Crippen LogP contribution in [0.4, 0.5) is 0 Å². The number of hydrogen-bond donors (Lipinski definition) is 1. The molecule has 0 aromatic heterocycles. The van der Waals surface area contributed by atoms with Crippen LogP contribution in [0.15, 0.2) is 30.3 Å². The summed E-state index contributed by atoms with van der Waals surface area (Å²) in [5.41, 5.74) is 1.65. The van der Waals surface area contributed by atoms with Crippen LogP contribution in [0.1, 0.15) is 59.1 Å². The Balaban J connectivity index is 2.01. The van der Waals surface area contributed by atoms with Gasteiger partial charge in [-0.25, -0.2) is 0 Å². The van der Waals surface area contributed by atoms with Crippen molar-refractivity contribution in [1.29, 1.82) is 0 Å². The fraction of sp³-hybridized carbons (Fsp3) is 0.684. The first kappa shape index (κ1) is 16.5.